The number of halogens is 3. The fourth-order valence-corrected chi connectivity index (χ4v) is 3.11. The van der Waals surface area contributed by atoms with Crippen LogP contribution in [0, 0.1) is 0 Å². The number of allylic oxidation sites excluding steroid dienone is 4. The third kappa shape index (κ3) is 3.06. The number of aliphatic imine (C=N–C) groups is 1. The van der Waals surface area contributed by atoms with Gasteiger partial charge in [0.15, 0.2) is 17.6 Å². The Balaban J connectivity index is 1.97. The van der Waals surface area contributed by atoms with Crippen LogP contribution in [0.4, 0.5) is 13.2 Å². The summed E-state index contributed by atoms with van der Waals surface area (Å²) in [5, 5.41) is 0. The maximum Gasteiger partial charge on any atom is 0.231 e. The van der Waals surface area contributed by atoms with Gasteiger partial charge in [0.2, 0.25) is 5.91 Å². The highest BCUT2D eigenvalue weighted by molar-refractivity contribution is 5.98. The van der Waals surface area contributed by atoms with Gasteiger partial charge in [0.05, 0.1) is 12.0 Å². The van der Waals surface area contributed by atoms with Gasteiger partial charge in [-0.1, -0.05) is 24.3 Å². The van der Waals surface area contributed by atoms with Gasteiger partial charge in [0.1, 0.15) is 5.83 Å². The molecular weight excluding hydrogens is 331 g/mol. The van der Waals surface area contributed by atoms with Crippen molar-refractivity contribution in [2.45, 2.75) is 31.2 Å². The van der Waals surface area contributed by atoms with Crippen molar-refractivity contribution in [2.24, 2.45) is 10.7 Å². The molecule has 132 valence electrons. The van der Waals surface area contributed by atoms with Crippen LogP contribution in [0.25, 0.3) is 0 Å². The predicted octanol–water partition coefficient (Wildman–Crippen LogP) is 3.57. The van der Waals surface area contributed by atoms with Crippen LogP contribution in [0.5, 0.6) is 0 Å². The van der Waals surface area contributed by atoms with Crippen molar-refractivity contribution in [2.75, 3.05) is 7.05 Å². The monoisotopic (exact) mass is 349 g/mol. The Hall–Kier alpha value is -2.57. The van der Waals surface area contributed by atoms with Crippen LogP contribution in [0.3, 0.4) is 0 Å². The third-order valence-corrected chi connectivity index (χ3v) is 4.71. The Bertz CT molecular complexity index is 831. The molecule has 3 rings (SSSR count). The quantitative estimate of drug-likeness (QED) is 0.887. The lowest BCUT2D eigenvalue weighted by atomic mass is 9.83. The summed E-state index contributed by atoms with van der Waals surface area (Å²) in [6.45, 7) is 1.78. The highest BCUT2D eigenvalue weighted by Gasteiger charge is 2.36. The summed E-state index contributed by atoms with van der Waals surface area (Å²) in [7, 11) is 1.55. The van der Waals surface area contributed by atoms with E-state index >= 15 is 0 Å². The molecule has 1 aliphatic carbocycles. The Labute approximate surface area is 143 Å². The molecule has 2 N–H and O–H groups in total. The van der Waals surface area contributed by atoms with Gasteiger partial charge >= 0.3 is 0 Å². The highest BCUT2D eigenvalue weighted by Crippen LogP contribution is 2.39. The zero-order valence-electron chi connectivity index (χ0n) is 13.9. The molecule has 2 atom stereocenters. The summed E-state index contributed by atoms with van der Waals surface area (Å²) >= 11 is 0. The first-order valence-electron chi connectivity index (χ1n) is 7.85. The van der Waals surface area contributed by atoms with Crippen molar-refractivity contribution < 1.29 is 18.0 Å². The van der Waals surface area contributed by atoms with E-state index in [0.29, 0.717) is 11.1 Å². The fourth-order valence-electron chi connectivity index (χ4n) is 3.11. The van der Waals surface area contributed by atoms with Crippen LogP contribution >= 0.6 is 0 Å². The van der Waals surface area contributed by atoms with Crippen molar-refractivity contribution in [3.63, 3.8) is 0 Å². The van der Waals surface area contributed by atoms with Gasteiger partial charge in [-0.25, -0.2) is 18.2 Å². The fraction of sp³-hybridized carbons (Fsp3) is 0.333. The SMILES string of the molecule is CN1C(=O)CC(C)(c2cccc(C3C=C(F)C(F)=C(F)C3)c2)N=C1N. The van der Waals surface area contributed by atoms with Gasteiger partial charge in [0, 0.05) is 19.4 Å². The minimum atomic E-state index is -1.43. The number of amides is 1. The lowest BCUT2D eigenvalue weighted by Gasteiger charge is -2.34. The van der Waals surface area contributed by atoms with Crippen LogP contribution in [-0.2, 0) is 10.3 Å². The Kier molecular flexibility index (Phi) is 4.18. The van der Waals surface area contributed by atoms with E-state index in [4.69, 9.17) is 5.73 Å². The zero-order chi connectivity index (χ0) is 18.4. The molecule has 2 aliphatic rings. The van der Waals surface area contributed by atoms with Gasteiger partial charge in [0.25, 0.3) is 0 Å². The van der Waals surface area contributed by atoms with E-state index in [1.165, 1.54) is 4.90 Å². The van der Waals surface area contributed by atoms with E-state index in [2.05, 4.69) is 4.99 Å². The second-order valence-corrected chi connectivity index (χ2v) is 6.54. The maximum atomic E-state index is 13.6. The van der Waals surface area contributed by atoms with E-state index in [-0.39, 0.29) is 24.7 Å². The standard InChI is InChI=1S/C18H18F3N3O/c1-18(9-15(25)24(2)17(22)23-18)12-5-3-4-10(6-12)11-7-13(19)16(21)14(20)8-11/h3-7,11H,8-9H2,1-2H3,(H2,22,23). The molecule has 4 nitrogen and oxygen atoms in total. The number of nitrogens with zero attached hydrogens (tertiary/aromatic N) is 2. The number of nitrogens with two attached hydrogens (primary N) is 1. The predicted molar refractivity (Wildman–Crippen MR) is 88.6 cm³/mol. The first kappa shape index (κ1) is 17.3. The number of rotatable bonds is 2. The number of hydrogen-bond donors (Lipinski definition) is 1. The number of carbonyl (C=O) groups excluding carboxylic acids is 1. The lowest BCUT2D eigenvalue weighted by molar-refractivity contribution is -0.128. The Morgan fingerprint density at radius 2 is 2.04 bits per heavy atom. The van der Waals surface area contributed by atoms with Crippen molar-refractivity contribution in [1.82, 2.24) is 4.90 Å². The molecular formula is C18H18F3N3O. The van der Waals surface area contributed by atoms with Crippen molar-refractivity contribution in [3.05, 3.63) is 58.9 Å². The van der Waals surface area contributed by atoms with Crippen LogP contribution < -0.4 is 5.73 Å². The first-order valence-corrected chi connectivity index (χ1v) is 7.85. The molecule has 25 heavy (non-hydrogen) atoms. The number of guanidine groups is 1. The average Bonchev–Trinajstić information content (AvgIpc) is 2.57. The van der Waals surface area contributed by atoms with Crippen molar-refractivity contribution in [1.29, 1.82) is 0 Å². The minimum Gasteiger partial charge on any atom is -0.369 e. The summed E-state index contributed by atoms with van der Waals surface area (Å²) < 4.78 is 40.3. The molecule has 7 heteroatoms. The van der Waals surface area contributed by atoms with E-state index in [9.17, 15) is 18.0 Å². The minimum absolute atomic E-state index is 0.115. The summed E-state index contributed by atoms with van der Waals surface area (Å²) in [5.74, 6) is -4.40. The van der Waals surface area contributed by atoms with E-state index < -0.39 is 28.9 Å². The average molecular weight is 349 g/mol. The van der Waals surface area contributed by atoms with E-state index in [1.54, 1.807) is 38.2 Å². The second kappa shape index (κ2) is 6.06. The zero-order valence-corrected chi connectivity index (χ0v) is 13.9. The normalized spacial score (nSPS) is 27.3. The smallest absolute Gasteiger partial charge is 0.231 e. The summed E-state index contributed by atoms with van der Waals surface area (Å²) in [6, 6.07) is 6.96. The Morgan fingerprint density at radius 3 is 2.68 bits per heavy atom. The molecule has 0 saturated carbocycles. The molecule has 1 aromatic carbocycles. The molecule has 0 fully saturated rings. The van der Waals surface area contributed by atoms with Gasteiger partial charge < -0.3 is 5.73 Å². The molecule has 1 amide bonds. The topological polar surface area (TPSA) is 58.7 Å². The third-order valence-electron chi connectivity index (χ3n) is 4.71. The number of carbonyl (C=O) groups is 1. The van der Waals surface area contributed by atoms with Gasteiger partial charge in [-0.2, -0.15) is 0 Å². The van der Waals surface area contributed by atoms with E-state index in [0.717, 1.165) is 6.08 Å². The number of hydrogen-bond acceptors (Lipinski definition) is 3. The maximum absolute atomic E-state index is 13.6. The molecule has 0 radical (unpaired) electrons. The first-order chi connectivity index (χ1) is 11.7. The summed E-state index contributed by atoms with van der Waals surface area (Å²) in [4.78, 5) is 17.8. The number of benzene rings is 1. The largest absolute Gasteiger partial charge is 0.369 e. The molecule has 1 aliphatic heterocycles. The molecule has 1 aromatic rings. The van der Waals surface area contributed by atoms with Crippen LogP contribution in [-0.4, -0.2) is 23.8 Å². The lowest BCUT2D eigenvalue weighted by Crippen LogP contribution is -2.47. The van der Waals surface area contributed by atoms with Crippen LogP contribution in [0.15, 0.2) is 52.8 Å². The molecule has 1 heterocycles. The van der Waals surface area contributed by atoms with Gasteiger partial charge in [-0.05, 0) is 24.1 Å². The Morgan fingerprint density at radius 1 is 1.32 bits per heavy atom. The van der Waals surface area contributed by atoms with E-state index in [1.807, 2.05) is 0 Å². The molecule has 0 saturated heterocycles. The van der Waals surface area contributed by atoms with Crippen molar-refractivity contribution >= 4 is 11.9 Å². The van der Waals surface area contributed by atoms with Gasteiger partial charge in [-0.3, -0.25) is 9.69 Å². The van der Waals surface area contributed by atoms with Crippen LogP contribution in [0.2, 0.25) is 0 Å². The second-order valence-electron chi connectivity index (χ2n) is 6.54. The summed E-state index contributed by atoms with van der Waals surface area (Å²) in [6.07, 6.45) is 0.954. The summed E-state index contributed by atoms with van der Waals surface area (Å²) in [5.41, 5.74) is 6.28. The van der Waals surface area contributed by atoms with Gasteiger partial charge in [-0.15, -0.1) is 0 Å². The van der Waals surface area contributed by atoms with Crippen molar-refractivity contribution in [3.8, 4) is 0 Å². The molecule has 0 aromatic heterocycles. The van der Waals surface area contributed by atoms with Crippen LogP contribution in [0.1, 0.15) is 36.8 Å². The molecule has 0 bridgehead atoms. The molecule has 2 unspecified atom stereocenters. The highest BCUT2D eigenvalue weighted by atomic mass is 19.2. The molecule has 0 spiro atoms.